The third-order valence-corrected chi connectivity index (χ3v) is 2.61. The van der Waals surface area contributed by atoms with E-state index >= 15 is 0 Å². The molecule has 1 aliphatic carbocycles. The minimum atomic E-state index is -0.995. The molecule has 21 heavy (non-hydrogen) atoms. The second kappa shape index (κ2) is 5.05. The lowest BCUT2D eigenvalue weighted by Gasteiger charge is -2.20. The van der Waals surface area contributed by atoms with Crippen LogP contribution in [0.4, 0.5) is 4.79 Å². The van der Waals surface area contributed by atoms with Crippen LogP contribution in [0.1, 0.15) is 41.5 Å². The number of carbonyl (C=O) groups excluding carboxylic acids is 3. The van der Waals surface area contributed by atoms with Gasteiger partial charge in [0.1, 0.15) is 17.1 Å². The van der Waals surface area contributed by atoms with Gasteiger partial charge in [0.25, 0.3) is 0 Å². The van der Waals surface area contributed by atoms with E-state index in [1.807, 2.05) is 0 Å². The van der Waals surface area contributed by atoms with E-state index in [0.29, 0.717) is 0 Å². The molecule has 0 amide bonds. The number of carbonyl (C=O) groups is 3. The van der Waals surface area contributed by atoms with Gasteiger partial charge in [0.2, 0.25) is 0 Å². The van der Waals surface area contributed by atoms with E-state index in [4.69, 9.17) is 9.47 Å². The van der Waals surface area contributed by atoms with Crippen LogP contribution in [0.5, 0.6) is 11.5 Å². The fourth-order valence-corrected chi connectivity index (χ4v) is 1.83. The Kier molecular flexibility index (Phi) is 3.55. The van der Waals surface area contributed by atoms with Crippen LogP contribution in [0, 0.1) is 0 Å². The summed E-state index contributed by atoms with van der Waals surface area (Å²) in [7, 11) is 0. The molecule has 0 atom stereocenters. The highest BCUT2D eigenvalue weighted by Crippen LogP contribution is 2.33. The number of benzene rings is 1. The van der Waals surface area contributed by atoms with E-state index < -0.39 is 23.3 Å². The minimum Gasteiger partial charge on any atom is -0.507 e. The Balaban J connectivity index is 2.40. The lowest BCUT2D eigenvalue weighted by Crippen LogP contribution is -2.26. The van der Waals surface area contributed by atoms with Gasteiger partial charge in [-0.3, -0.25) is 9.59 Å². The maximum absolute atomic E-state index is 11.9. The predicted molar refractivity (Wildman–Crippen MR) is 72.8 cm³/mol. The lowest BCUT2D eigenvalue weighted by atomic mass is 9.93. The number of hydrogen-bond donors (Lipinski definition) is 1. The Morgan fingerprint density at radius 2 is 1.62 bits per heavy atom. The Morgan fingerprint density at radius 3 is 2.19 bits per heavy atom. The van der Waals surface area contributed by atoms with Gasteiger partial charge in [-0.1, -0.05) is 0 Å². The Morgan fingerprint density at radius 1 is 1.05 bits per heavy atom. The van der Waals surface area contributed by atoms with Gasteiger partial charge in [-0.2, -0.15) is 0 Å². The molecule has 6 heteroatoms. The van der Waals surface area contributed by atoms with Crippen molar-refractivity contribution in [2.24, 2.45) is 0 Å². The first-order valence-electron chi connectivity index (χ1n) is 6.22. The maximum Gasteiger partial charge on any atom is 0.514 e. The summed E-state index contributed by atoms with van der Waals surface area (Å²) in [5.41, 5.74) is -1.08. The van der Waals surface area contributed by atoms with Crippen LogP contribution in [0.2, 0.25) is 0 Å². The Bertz CT molecular complexity index is 663. The summed E-state index contributed by atoms with van der Waals surface area (Å²) in [6.45, 7) is 4.99. The Hall–Kier alpha value is -2.63. The van der Waals surface area contributed by atoms with E-state index in [0.717, 1.165) is 12.2 Å². The van der Waals surface area contributed by atoms with Gasteiger partial charge < -0.3 is 14.6 Å². The van der Waals surface area contributed by atoms with E-state index in [-0.39, 0.29) is 22.6 Å². The van der Waals surface area contributed by atoms with Crippen LogP contribution in [0.15, 0.2) is 24.3 Å². The quantitative estimate of drug-likeness (QED) is 0.631. The largest absolute Gasteiger partial charge is 0.514 e. The van der Waals surface area contributed by atoms with Crippen molar-refractivity contribution >= 4 is 17.7 Å². The standard InChI is InChI=1S/C15H14O6/c1-15(2,3)21-14(19)20-11-7-6-9(17)12-8(16)4-5-10(18)13(11)12/h4-7,17H,1-3H3. The van der Waals surface area contributed by atoms with E-state index in [1.165, 1.54) is 12.1 Å². The van der Waals surface area contributed by atoms with Crippen molar-refractivity contribution in [3.05, 3.63) is 35.4 Å². The summed E-state index contributed by atoms with van der Waals surface area (Å²) < 4.78 is 9.97. The molecule has 1 aliphatic rings. The highest BCUT2D eigenvalue weighted by molar-refractivity contribution is 6.24. The van der Waals surface area contributed by atoms with Crippen molar-refractivity contribution in [2.45, 2.75) is 26.4 Å². The number of fused-ring (bicyclic) bond motifs is 1. The zero-order valence-corrected chi connectivity index (χ0v) is 11.8. The van der Waals surface area contributed by atoms with E-state index in [2.05, 4.69) is 0 Å². The van der Waals surface area contributed by atoms with Crippen molar-refractivity contribution < 1.29 is 29.0 Å². The molecule has 0 spiro atoms. The predicted octanol–water partition coefficient (Wildman–Crippen LogP) is 2.64. The molecule has 1 N–H and O–H groups in total. The van der Waals surface area contributed by atoms with Gasteiger partial charge in [-0.25, -0.2) is 4.79 Å². The number of aromatic hydroxyl groups is 1. The van der Waals surface area contributed by atoms with Gasteiger partial charge in [-0.15, -0.1) is 0 Å². The van der Waals surface area contributed by atoms with Crippen molar-refractivity contribution in [1.29, 1.82) is 0 Å². The monoisotopic (exact) mass is 290 g/mol. The molecule has 0 aliphatic heterocycles. The summed E-state index contributed by atoms with van der Waals surface area (Å²) in [5.74, 6) is -1.53. The number of allylic oxidation sites excluding steroid dienone is 2. The summed E-state index contributed by atoms with van der Waals surface area (Å²) in [5, 5.41) is 9.71. The second-order valence-corrected chi connectivity index (χ2v) is 5.46. The summed E-state index contributed by atoms with van der Waals surface area (Å²) in [4.78, 5) is 35.3. The van der Waals surface area contributed by atoms with Gasteiger partial charge >= 0.3 is 6.16 Å². The van der Waals surface area contributed by atoms with Crippen LogP contribution in [-0.2, 0) is 4.74 Å². The van der Waals surface area contributed by atoms with Gasteiger partial charge in [0.05, 0.1) is 11.1 Å². The number of phenols is 1. The number of hydrogen-bond acceptors (Lipinski definition) is 6. The molecular weight excluding hydrogens is 276 g/mol. The fraction of sp³-hybridized carbons (Fsp3) is 0.267. The molecule has 0 unspecified atom stereocenters. The summed E-state index contributed by atoms with van der Waals surface area (Å²) in [6.07, 6.45) is 1.12. The lowest BCUT2D eigenvalue weighted by molar-refractivity contribution is 0.0204. The SMILES string of the molecule is CC(C)(C)OC(=O)Oc1ccc(O)c2c1C(=O)C=CC2=O. The smallest absolute Gasteiger partial charge is 0.507 e. The van der Waals surface area contributed by atoms with Crippen LogP contribution in [0.3, 0.4) is 0 Å². The molecule has 0 heterocycles. The Labute approximate surface area is 121 Å². The average molecular weight is 290 g/mol. The first-order valence-corrected chi connectivity index (χ1v) is 6.22. The molecule has 2 rings (SSSR count). The highest BCUT2D eigenvalue weighted by Gasteiger charge is 2.28. The first-order chi connectivity index (χ1) is 9.69. The van der Waals surface area contributed by atoms with Gasteiger partial charge in [0, 0.05) is 0 Å². The number of ether oxygens (including phenoxy) is 2. The molecule has 1 aromatic rings. The maximum atomic E-state index is 11.9. The average Bonchev–Trinajstić information content (AvgIpc) is 2.34. The van der Waals surface area contributed by atoms with Crippen molar-refractivity contribution in [1.82, 2.24) is 0 Å². The number of rotatable bonds is 1. The van der Waals surface area contributed by atoms with E-state index in [1.54, 1.807) is 20.8 Å². The molecule has 0 radical (unpaired) electrons. The second-order valence-electron chi connectivity index (χ2n) is 5.46. The van der Waals surface area contributed by atoms with Crippen molar-refractivity contribution in [3.63, 3.8) is 0 Å². The summed E-state index contributed by atoms with van der Waals surface area (Å²) in [6, 6.07) is 2.42. The minimum absolute atomic E-state index is 0.125. The van der Waals surface area contributed by atoms with Gasteiger partial charge in [0.15, 0.2) is 11.6 Å². The van der Waals surface area contributed by atoms with Gasteiger partial charge in [-0.05, 0) is 45.1 Å². The molecule has 0 saturated carbocycles. The van der Waals surface area contributed by atoms with Crippen LogP contribution in [0.25, 0.3) is 0 Å². The molecule has 0 fully saturated rings. The normalized spacial score (nSPS) is 13.9. The number of phenolic OH excluding ortho intramolecular Hbond substituents is 1. The zero-order valence-electron chi connectivity index (χ0n) is 11.8. The molecule has 0 aromatic heterocycles. The number of ketones is 2. The molecule has 0 saturated heterocycles. The highest BCUT2D eigenvalue weighted by atomic mass is 16.7. The zero-order chi connectivity index (χ0) is 15.8. The van der Waals surface area contributed by atoms with Crippen LogP contribution in [-0.4, -0.2) is 28.4 Å². The first kappa shape index (κ1) is 14.8. The van der Waals surface area contributed by atoms with Crippen LogP contribution >= 0.6 is 0 Å². The molecular formula is C15H14O6. The topological polar surface area (TPSA) is 89.9 Å². The third-order valence-electron chi connectivity index (χ3n) is 2.61. The van der Waals surface area contributed by atoms with Crippen molar-refractivity contribution in [2.75, 3.05) is 0 Å². The van der Waals surface area contributed by atoms with Crippen LogP contribution < -0.4 is 4.74 Å². The molecule has 6 nitrogen and oxygen atoms in total. The third kappa shape index (κ3) is 3.10. The van der Waals surface area contributed by atoms with E-state index in [9.17, 15) is 19.5 Å². The summed E-state index contributed by atoms with van der Waals surface area (Å²) >= 11 is 0. The molecule has 110 valence electrons. The molecule has 1 aromatic carbocycles. The molecule has 0 bridgehead atoms. The fourth-order valence-electron chi connectivity index (χ4n) is 1.83. The van der Waals surface area contributed by atoms with Crippen molar-refractivity contribution in [3.8, 4) is 11.5 Å².